The zero-order chi connectivity index (χ0) is 20.0. The second-order valence-corrected chi connectivity index (χ2v) is 5.68. The van der Waals surface area contributed by atoms with Crippen LogP contribution in [-0.2, 0) is 19.2 Å². The van der Waals surface area contributed by atoms with Crippen molar-refractivity contribution in [3.63, 3.8) is 0 Å². The SMILES string of the molecule is CC(=O)N[C@@H](CS)C(=O)O.NC(=O)[C@@H](N)CS.O=C(O)[C@@H]1CCCN1. The molecule has 0 radical (unpaired) electrons. The van der Waals surface area contributed by atoms with Crippen LogP contribution in [0.15, 0.2) is 0 Å². The molecule has 146 valence electrons. The number of hydrogen-bond donors (Lipinski definition) is 8. The lowest BCUT2D eigenvalue weighted by Gasteiger charge is -2.08. The number of carboxylic acids is 2. The fourth-order valence-corrected chi connectivity index (χ4v) is 1.84. The molecule has 0 aromatic rings. The molecule has 0 aromatic carbocycles. The van der Waals surface area contributed by atoms with Gasteiger partial charge in [0, 0.05) is 18.4 Å². The smallest absolute Gasteiger partial charge is 0.327 e. The van der Waals surface area contributed by atoms with Gasteiger partial charge in [-0.25, -0.2) is 4.79 Å². The Labute approximate surface area is 156 Å². The summed E-state index contributed by atoms with van der Waals surface area (Å²) >= 11 is 7.46. The van der Waals surface area contributed by atoms with Gasteiger partial charge in [0.2, 0.25) is 11.8 Å². The Hall–Kier alpha value is -1.50. The van der Waals surface area contributed by atoms with E-state index in [1.165, 1.54) is 6.92 Å². The van der Waals surface area contributed by atoms with Crippen LogP contribution in [0.3, 0.4) is 0 Å². The largest absolute Gasteiger partial charge is 0.480 e. The molecule has 0 unspecified atom stereocenters. The first-order valence-electron chi connectivity index (χ1n) is 7.29. The van der Waals surface area contributed by atoms with Crippen molar-refractivity contribution in [3.8, 4) is 0 Å². The van der Waals surface area contributed by atoms with Gasteiger partial charge < -0.3 is 32.3 Å². The Balaban J connectivity index is 0. The summed E-state index contributed by atoms with van der Waals surface area (Å²) in [5, 5.41) is 21.8. The molecule has 0 aliphatic carbocycles. The van der Waals surface area contributed by atoms with Crippen molar-refractivity contribution < 1.29 is 29.4 Å². The summed E-state index contributed by atoms with van der Waals surface area (Å²) in [6, 6.07) is -1.74. The monoisotopic (exact) mass is 398 g/mol. The van der Waals surface area contributed by atoms with E-state index in [4.69, 9.17) is 21.7 Å². The molecular formula is C13H26N4O6S2. The number of carboxylic acid groups (broad SMARTS) is 2. The van der Waals surface area contributed by atoms with Crippen LogP contribution < -0.4 is 22.1 Å². The van der Waals surface area contributed by atoms with Crippen LogP contribution in [0.25, 0.3) is 0 Å². The summed E-state index contributed by atoms with van der Waals surface area (Å²) in [5.41, 5.74) is 9.80. The van der Waals surface area contributed by atoms with E-state index in [1.54, 1.807) is 0 Å². The summed E-state index contributed by atoms with van der Waals surface area (Å²) in [5.74, 6) is -2.23. The maximum Gasteiger partial charge on any atom is 0.327 e. The molecular weight excluding hydrogens is 372 g/mol. The number of rotatable bonds is 6. The quantitative estimate of drug-likeness (QED) is 0.237. The minimum atomic E-state index is -1.06. The van der Waals surface area contributed by atoms with Gasteiger partial charge in [0.1, 0.15) is 12.1 Å². The molecule has 0 aromatic heterocycles. The third kappa shape index (κ3) is 14.5. The third-order valence-electron chi connectivity index (χ3n) is 2.78. The van der Waals surface area contributed by atoms with Crippen molar-refractivity contribution in [1.29, 1.82) is 0 Å². The van der Waals surface area contributed by atoms with Crippen molar-refractivity contribution in [2.24, 2.45) is 11.5 Å². The molecule has 1 heterocycles. The number of carbonyl (C=O) groups excluding carboxylic acids is 2. The Bertz CT molecular complexity index is 446. The zero-order valence-corrected chi connectivity index (χ0v) is 15.6. The lowest BCUT2D eigenvalue weighted by molar-refractivity contribution is -0.141. The molecule has 10 nitrogen and oxygen atoms in total. The van der Waals surface area contributed by atoms with E-state index >= 15 is 0 Å². The van der Waals surface area contributed by atoms with Crippen LogP contribution in [0.1, 0.15) is 19.8 Å². The predicted molar refractivity (Wildman–Crippen MR) is 98.8 cm³/mol. The minimum absolute atomic E-state index is 0.106. The minimum Gasteiger partial charge on any atom is -0.480 e. The highest BCUT2D eigenvalue weighted by Crippen LogP contribution is 2.03. The van der Waals surface area contributed by atoms with Gasteiger partial charge in [-0.15, -0.1) is 0 Å². The zero-order valence-electron chi connectivity index (χ0n) is 13.8. The molecule has 1 aliphatic rings. The topological polar surface area (TPSA) is 185 Å². The molecule has 1 rings (SSSR count). The van der Waals surface area contributed by atoms with E-state index in [2.05, 4.69) is 35.9 Å². The number of primary amides is 1. The van der Waals surface area contributed by atoms with Crippen molar-refractivity contribution in [1.82, 2.24) is 10.6 Å². The molecule has 3 atom stereocenters. The van der Waals surface area contributed by atoms with Crippen molar-refractivity contribution in [2.45, 2.75) is 37.9 Å². The molecule has 1 fully saturated rings. The van der Waals surface area contributed by atoms with Gasteiger partial charge in [-0.1, -0.05) is 0 Å². The summed E-state index contributed by atoms with van der Waals surface area (Å²) in [6.45, 7) is 2.12. The number of hydrogen-bond acceptors (Lipinski definition) is 8. The Morgan fingerprint density at radius 1 is 1.24 bits per heavy atom. The van der Waals surface area contributed by atoms with Crippen LogP contribution in [0.5, 0.6) is 0 Å². The van der Waals surface area contributed by atoms with Gasteiger partial charge in [-0.05, 0) is 19.4 Å². The molecule has 0 spiro atoms. The van der Waals surface area contributed by atoms with E-state index in [0.717, 1.165) is 19.4 Å². The first kappa shape index (κ1) is 25.7. The second kappa shape index (κ2) is 14.8. The van der Waals surface area contributed by atoms with Gasteiger partial charge in [0.25, 0.3) is 0 Å². The highest BCUT2D eigenvalue weighted by molar-refractivity contribution is 7.80. The summed E-state index contributed by atoms with van der Waals surface area (Å²) in [7, 11) is 0. The van der Waals surface area contributed by atoms with Crippen LogP contribution in [0.2, 0.25) is 0 Å². The summed E-state index contributed by atoms with van der Waals surface area (Å²) in [6.07, 6.45) is 1.78. The summed E-state index contributed by atoms with van der Waals surface area (Å²) in [4.78, 5) is 40.6. The molecule has 12 heteroatoms. The normalized spacial score (nSPS) is 17.7. The van der Waals surface area contributed by atoms with E-state index < -0.39 is 29.9 Å². The Kier molecular flexibility index (Phi) is 15.2. The highest BCUT2D eigenvalue weighted by Gasteiger charge is 2.20. The highest BCUT2D eigenvalue weighted by atomic mass is 32.1. The van der Waals surface area contributed by atoms with E-state index in [-0.39, 0.29) is 17.7 Å². The number of aliphatic carboxylic acids is 2. The lowest BCUT2D eigenvalue weighted by Crippen LogP contribution is -2.40. The van der Waals surface area contributed by atoms with Crippen molar-refractivity contribution in [2.75, 3.05) is 18.1 Å². The third-order valence-corrected chi connectivity index (χ3v) is 3.54. The van der Waals surface area contributed by atoms with Crippen LogP contribution >= 0.6 is 25.3 Å². The number of nitrogens with two attached hydrogens (primary N) is 2. The lowest BCUT2D eigenvalue weighted by atomic mass is 10.2. The number of carbonyl (C=O) groups is 4. The maximum absolute atomic E-state index is 10.3. The predicted octanol–water partition coefficient (Wildman–Crippen LogP) is -1.94. The molecule has 2 amide bonds. The Morgan fingerprint density at radius 3 is 1.92 bits per heavy atom. The molecule has 25 heavy (non-hydrogen) atoms. The summed E-state index contributed by atoms with van der Waals surface area (Å²) < 4.78 is 0. The van der Waals surface area contributed by atoms with Crippen LogP contribution in [0, 0.1) is 0 Å². The van der Waals surface area contributed by atoms with Gasteiger partial charge >= 0.3 is 11.9 Å². The number of thiol groups is 2. The first-order valence-corrected chi connectivity index (χ1v) is 8.55. The molecule has 1 aliphatic heterocycles. The standard InChI is InChI=1S/C5H9NO3S.C5H9NO2.C3H8N2OS/c1-3(7)6-4(2-10)5(8)9;7-5(8)4-2-1-3-6-4;4-2(1-7)3(5)6/h4,10H,2H2,1H3,(H,6,7)(H,8,9);4,6H,1-3H2,(H,7,8);2,7H,1,4H2,(H2,5,6)/t2*4-;2-/m000/s1. The van der Waals surface area contributed by atoms with E-state index in [1.807, 2.05) is 0 Å². The van der Waals surface area contributed by atoms with Crippen molar-refractivity contribution in [3.05, 3.63) is 0 Å². The second-order valence-electron chi connectivity index (χ2n) is 4.95. The van der Waals surface area contributed by atoms with Crippen LogP contribution in [-0.4, -0.2) is 70.1 Å². The average molecular weight is 399 g/mol. The Morgan fingerprint density at radius 2 is 1.80 bits per heavy atom. The van der Waals surface area contributed by atoms with Gasteiger partial charge in [-0.2, -0.15) is 25.3 Å². The van der Waals surface area contributed by atoms with Crippen molar-refractivity contribution >= 4 is 49.0 Å². The number of amides is 2. The van der Waals surface area contributed by atoms with Gasteiger partial charge in [0.05, 0.1) is 6.04 Å². The van der Waals surface area contributed by atoms with E-state index in [9.17, 15) is 19.2 Å². The van der Waals surface area contributed by atoms with Gasteiger partial charge in [0.15, 0.2) is 0 Å². The molecule has 8 N–H and O–H groups in total. The number of nitrogens with one attached hydrogen (secondary N) is 2. The fourth-order valence-electron chi connectivity index (χ4n) is 1.42. The average Bonchev–Trinajstić information content (AvgIpc) is 3.07. The molecule has 0 saturated carbocycles. The first-order chi connectivity index (χ1) is 11.6. The molecule has 0 bridgehead atoms. The maximum atomic E-state index is 10.3. The van der Waals surface area contributed by atoms with Crippen LogP contribution in [0.4, 0.5) is 0 Å². The molecule has 1 saturated heterocycles. The fraction of sp³-hybridized carbons (Fsp3) is 0.692. The van der Waals surface area contributed by atoms with E-state index in [0.29, 0.717) is 5.75 Å². The van der Waals surface area contributed by atoms with Gasteiger partial charge in [-0.3, -0.25) is 14.4 Å².